The molecule has 8 heteroatoms. The maximum Gasteiger partial charge on any atom is 0.417 e. The van der Waals surface area contributed by atoms with Crippen LogP contribution in [0.5, 0.6) is 0 Å². The molecule has 0 radical (unpaired) electrons. The highest BCUT2D eigenvalue weighted by Gasteiger charge is 2.35. The molecular weight excluding hydrogens is 367 g/mol. The molecule has 0 fully saturated rings. The van der Waals surface area contributed by atoms with Crippen molar-refractivity contribution in [3.8, 4) is 10.6 Å². The van der Waals surface area contributed by atoms with E-state index in [0.29, 0.717) is 9.48 Å². The fourth-order valence-corrected chi connectivity index (χ4v) is 3.36. The summed E-state index contributed by atoms with van der Waals surface area (Å²) in [5.74, 6) is 0. The Morgan fingerprint density at radius 1 is 1.33 bits per heavy atom. The molecule has 0 aliphatic heterocycles. The van der Waals surface area contributed by atoms with Crippen molar-refractivity contribution in [3.63, 3.8) is 0 Å². The van der Waals surface area contributed by atoms with Crippen molar-refractivity contribution in [2.24, 2.45) is 0 Å². The zero-order valence-electron chi connectivity index (χ0n) is 11.3. The largest absolute Gasteiger partial charge is 0.417 e. The van der Waals surface area contributed by atoms with Gasteiger partial charge in [0.15, 0.2) is 0 Å². The molecule has 2 aromatic rings. The number of nitrogens with one attached hydrogen (secondary N) is 1. The first kappa shape index (κ1) is 16.4. The molecular formula is C13H13BrF3N3S. The Balaban J connectivity index is 2.48. The summed E-state index contributed by atoms with van der Waals surface area (Å²) < 4.78 is 39.8. The van der Waals surface area contributed by atoms with Crippen LogP contribution < -0.4 is 5.32 Å². The predicted molar refractivity (Wildman–Crippen MR) is 80.1 cm³/mol. The fraction of sp³-hybridized carbons (Fsp3) is 0.385. The van der Waals surface area contributed by atoms with Gasteiger partial charge in [-0.15, -0.1) is 10.2 Å². The Morgan fingerprint density at radius 2 is 2.05 bits per heavy atom. The molecule has 0 bridgehead atoms. The first-order valence-corrected chi connectivity index (χ1v) is 7.85. The molecule has 1 unspecified atom stereocenters. The second-order valence-corrected chi connectivity index (χ2v) is 6.31. The van der Waals surface area contributed by atoms with E-state index in [4.69, 9.17) is 0 Å². The summed E-state index contributed by atoms with van der Waals surface area (Å²) in [7, 11) is 1.79. The third-order valence-corrected chi connectivity index (χ3v) is 4.58. The van der Waals surface area contributed by atoms with Gasteiger partial charge >= 0.3 is 6.18 Å². The fourth-order valence-electron chi connectivity index (χ4n) is 1.92. The van der Waals surface area contributed by atoms with Gasteiger partial charge < -0.3 is 5.32 Å². The standard InChI is InChI=1S/C13H13BrF3N3S/c1-3-10(18-2)12-20-19-11(21-12)8-5-4-7(14)6-9(8)13(15,16)17/h4-6,10,18H,3H2,1-2H3. The Bertz CT molecular complexity index is 623. The molecule has 2 rings (SSSR count). The van der Waals surface area contributed by atoms with Crippen LogP contribution in [-0.2, 0) is 6.18 Å². The van der Waals surface area contributed by atoms with Crippen LogP contribution in [0.1, 0.15) is 30.0 Å². The van der Waals surface area contributed by atoms with E-state index in [9.17, 15) is 13.2 Å². The van der Waals surface area contributed by atoms with Gasteiger partial charge in [0.2, 0.25) is 0 Å². The summed E-state index contributed by atoms with van der Waals surface area (Å²) in [6, 6.07) is 4.05. The number of alkyl halides is 3. The van der Waals surface area contributed by atoms with Crippen LogP contribution in [0.15, 0.2) is 22.7 Å². The molecule has 0 aliphatic rings. The molecule has 0 saturated carbocycles. The second kappa shape index (κ2) is 6.41. The maximum atomic E-state index is 13.1. The van der Waals surface area contributed by atoms with E-state index in [1.54, 1.807) is 13.1 Å². The van der Waals surface area contributed by atoms with E-state index in [1.165, 1.54) is 17.4 Å². The highest BCUT2D eigenvalue weighted by Crippen LogP contribution is 2.40. The summed E-state index contributed by atoms with van der Waals surface area (Å²) in [4.78, 5) is 0. The van der Waals surface area contributed by atoms with E-state index >= 15 is 0 Å². The van der Waals surface area contributed by atoms with Crippen molar-refractivity contribution < 1.29 is 13.2 Å². The number of rotatable bonds is 4. The number of aromatic nitrogens is 2. The molecule has 0 saturated heterocycles. The first-order chi connectivity index (χ1) is 9.86. The van der Waals surface area contributed by atoms with Crippen molar-refractivity contribution in [2.75, 3.05) is 7.05 Å². The number of nitrogens with zero attached hydrogens (tertiary/aromatic N) is 2. The van der Waals surface area contributed by atoms with Crippen molar-refractivity contribution in [1.29, 1.82) is 0 Å². The van der Waals surface area contributed by atoms with Crippen molar-refractivity contribution in [1.82, 2.24) is 15.5 Å². The van der Waals surface area contributed by atoms with E-state index in [-0.39, 0.29) is 16.6 Å². The Hall–Kier alpha value is -0.990. The number of benzene rings is 1. The van der Waals surface area contributed by atoms with Gasteiger partial charge in [0, 0.05) is 10.0 Å². The van der Waals surface area contributed by atoms with Gasteiger partial charge in [-0.05, 0) is 25.6 Å². The van der Waals surface area contributed by atoms with E-state index < -0.39 is 11.7 Å². The van der Waals surface area contributed by atoms with E-state index in [0.717, 1.165) is 12.5 Å². The van der Waals surface area contributed by atoms with Crippen LogP contribution in [0.4, 0.5) is 13.2 Å². The smallest absolute Gasteiger partial charge is 0.311 e. The average molecular weight is 380 g/mol. The summed E-state index contributed by atoms with van der Waals surface area (Å²) in [5.41, 5.74) is -0.655. The Kier molecular flexibility index (Phi) is 5.00. The van der Waals surface area contributed by atoms with Gasteiger partial charge in [-0.1, -0.05) is 40.3 Å². The monoisotopic (exact) mass is 379 g/mol. The molecule has 3 nitrogen and oxygen atoms in total. The summed E-state index contributed by atoms with van der Waals surface area (Å²) in [5, 5.41) is 12.0. The molecule has 1 heterocycles. The highest BCUT2D eigenvalue weighted by atomic mass is 79.9. The van der Waals surface area contributed by atoms with Crippen LogP contribution in [0.2, 0.25) is 0 Å². The molecule has 1 aromatic heterocycles. The van der Waals surface area contributed by atoms with Gasteiger partial charge in [-0.3, -0.25) is 0 Å². The van der Waals surface area contributed by atoms with Crippen molar-refractivity contribution in [3.05, 3.63) is 33.2 Å². The van der Waals surface area contributed by atoms with Gasteiger partial charge in [-0.2, -0.15) is 13.2 Å². The predicted octanol–water partition coefficient (Wildman–Crippen LogP) is 4.66. The Morgan fingerprint density at radius 3 is 2.62 bits per heavy atom. The molecule has 0 aliphatic carbocycles. The van der Waals surface area contributed by atoms with Crippen molar-refractivity contribution >= 4 is 27.3 Å². The van der Waals surface area contributed by atoms with Crippen molar-refractivity contribution in [2.45, 2.75) is 25.6 Å². The molecule has 0 amide bonds. The number of hydrogen-bond donors (Lipinski definition) is 1. The SMILES string of the molecule is CCC(NC)c1nnc(-c2ccc(Br)cc2C(F)(F)F)s1. The third kappa shape index (κ3) is 3.61. The lowest BCUT2D eigenvalue weighted by Crippen LogP contribution is -2.14. The normalized spacial score (nSPS) is 13.4. The minimum absolute atomic E-state index is 0.000958. The lowest BCUT2D eigenvalue weighted by molar-refractivity contribution is -0.137. The van der Waals surface area contributed by atoms with E-state index in [1.807, 2.05) is 6.92 Å². The zero-order chi connectivity index (χ0) is 15.6. The second-order valence-electron chi connectivity index (χ2n) is 4.38. The number of halogens is 4. The Labute approximate surface area is 132 Å². The number of hydrogen-bond acceptors (Lipinski definition) is 4. The van der Waals surface area contributed by atoms with Crippen LogP contribution in [0.25, 0.3) is 10.6 Å². The van der Waals surface area contributed by atoms with Crippen LogP contribution in [0, 0.1) is 0 Å². The molecule has 1 aromatic carbocycles. The highest BCUT2D eigenvalue weighted by molar-refractivity contribution is 9.10. The minimum Gasteiger partial charge on any atom is -0.311 e. The summed E-state index contributed by atoms with van der Waals surface area (Å²) >= 11 is 4.25. The van der Waals surface area contributed by atoms with Gasteiger partial charge in [-0.25, -0.2) is 0 Å². The van der Waals surface area contributed by atoms with Crippen LogP contribution in [0.3, 0.4) is 0 Å². The van der Waals surface area contributed by atoms with Gasteiger partial charge in [0.1, 0.15) is 10.0 Å². The molecule has 0 spiro atoms. The molecule has 1 atom stereocenters. The summed E-state index contributed by atoms with van der Waals surface area (Å²) in [6.07, 6.45) is -3.64. The topological polar surface area (TPSA) is 37.8 Å². The van der Waals surface area contributed by atoms with E-state index in [2.05, 4.69) is 31.4 Å². The average Bonchev–Trinajstić information content (AvgIpc) is 2.88. The maximum absolute atomic E-state index is 13.1. The van der Waals surface area contributed by atoms with Crippen LogP contribution in [-0.4, -0.2) is 17.2 Å². The molecule has 21 heavy (non-hydrogen) atoms. The van der Waals surface area contributed by atoms with Crippen LogP contribution >= 0.6 is 27.3 Å². The van der Waals surface area contributed by atoms with Gasteiger partial charge in [0.25, 0.3) is 0 Å². The zero-order valence-corrected chi connectivity index (χ0v) is 13.7. The van der Waals surface area contributed by atoms with Gasteiger partial charge in [0.05, 0.1) is 11.6 Å². The quantitative estimate of drug-likeness (QED) is 0.839. The molecule has 1 N–H and O–H groups in total. The molecule has 114 valence electrons. The minimum atomic E-state index is -4.43. The lowest BCUT2D eigenvalue weighted by atomic mass is 10.1. The summed E-state index contributed by atoms with van der Waals surface area (Å²) in [6.45, 7) is 1.98. The lowest BCUT2D eigenvalue weighted by Gasteiger charge is -2.11. The first-order valence-electron chi connectivity index (χ1n) is 6.24. The third-order valence-electron chi connectivity index (χ3n) is 3.01.